The molecule has 2 aromatic carbocycles. The monoisotopic (exact) mass is 337 g/mol. The topological polar surface area (TPSA) is 12.0 Å². The highest BCUT2D eigenvalue weighted by atomic mass is 79.9. The van der Waals surface area contributed by atoms with E-state index >= 15 is 0 Å². The van der Waals surface area contributed by atoms with Gasteiger partial charge in [0.25, 0.3) is 0 Å². The summed E-state index contributed by atoms with van der Waals surface area (Å²) < 4.78 is 27.8. The van der Waals surface area contributed by atoms with E-state index in [-0.39, 0.29) is 11.7 Å². The van der Waals surface area contributed by atoms with Crippen LogP contribution < -0.4 is 5.32 Å². The Hall–Kier alpha value is -1.42. The van der Waals surface area contributed by atoms with E-state index in [1.165, 1.54) is 11.6 Å². The number of benzene rings is 2. The van der Waals surface area contributed by atoms with Crippen molar-refractivity contribution < 1.29 is 8.78 Å². The van der Waals surface area contributed by atoms with Crippen LogP contribution in [-0.2, 0) is 0 Å². The molecule has 3 rings (SSSR count). The Bertz CT molecular complexity index is 624. The quantitative estimate of drug-likeness (QED) is 0.822. The van der Waals surface area contributed by atoms with Crippen LogP contribution in [0.15, 0.2) is 46.9 Å². The highest BCUT2D eigenvalue weighted by molar-refractivity contribution is 9.10. The van der Waals surface area contributed by atoms with Gasteiger partial charge in [0, 0.05) is 10.5 Å². The van der Waals surface area contributed by atoms with Crippen LogP contribution in [0.1, 0.15) is 24.3 Å². The Kier molecular flexibility index (Phi) is 3.74. The van der Waals surface area contributed by atoms with Crippen molar-refractivity contribution in [2.75, 3.05) is 5.32 Å². The number of hydrogen-bond donors (Lipinski definition) is 1. The lowest BCUT2D eigenvalue weighted by Crippen LogP contribution is -2.34. The van der Waals surface area contributed by atoms with E-state index in [0.29, 0.717) is 5.92 Å². The van der Waals surface area contributed by atoms with Crippen LogP contribution >= 0.6 is 15.9 Å². The molecule has 0 unspecified atom stereocenters. The van der Waals surface area contributed by atoms with E-state index < -0.39 is 11.6 Å². The Balaban J connectivity index is 1.64. The minimum Gasteiger partial charge on any atom is -0.380 e. The van der Waals surface area contributed by atoms with Crippen molar-refractivity contribution in [3.05, 3.63) is 64.1 Å². The van der Waals surface area contributed by atoms with Gasteiger partial charge in [-0.05, 0) is 42.5 Å². The van der Waals surface area contributed by atoms with E-state index in [1.807, 2.05) is 18.2 Å². The molecule has 0 spiro atoms. The lowest BCUT2D eigenvalue weighted by molar-refractivity contribution is 0.371. The molecule has 1 aliphatic carbocycles. The Morgan fingerprint density at radius 3 is 2.50 bits per heavy atom. The van der Waals surface area contributed by atoms with Gasteiger partial charge in [0.2, 0.25) is 0 Å². The van der Waals surface area contributed by atoms with Gasteiger partial charge in [0.05, 0.1) is 5.69 Å². The van der Waals surface area contributed by atoms with Crippen LogP contribution in [0.25, 0.3) is 0 Å². The average Bonchev–Trinajstić information content (AvgIpc) is 2.39. The van der Waals surface area contributed by atoms with E-state index in [0.717, 1.165) is 23.4 Å². The number of halogens is 3. The molecule has 0 amide bonds. The van der Waals surface area contributed by atoms with Gasteiger partial charge in [0.15, 0.2) is 11.6 Å². The van der Waals surface area contributed by atoms with Crippen molar-refractivity contribution in [2.45, 2.75) is 24.8 Å². The summed E-state index contributed by atoms with van der Waals surface area (Å²) in [4.78, 5) is 0. The van der Waals surface area contributed by atoms with Crippen molar-refractivity contribution in [1.29, 1.82) is 0 Å². The second-order valence-electron chi connectivity index (χ2n) is 5.13. The highest BCUT2D eigenvalue weighted by Crippen LogP contribution is 2.41. The van der Waals surface area contributed by atoms with Crippen LogP contribution in [-0.4, -0.2) is 6.04 Å². The predicted octanol–water partition coefficient (Wildman–Crippen LogP) is 5.09. The molecule has 1 aliphatic rings. The lowest BCUT2D eigenvalue weighted by Gasteiger charge is -2.37. The fourth-order valence-corrected chi connectivity index (χ4v) is 3.24. The molecule has 0 bridgehead atoms. The molecule has 1 saturated carbocycles. The first-order chi connectivity index (χ1) is 9.65. The van der Waals surface area contributed by atoms with Gasteiger partial charge < -0.3 is 5.32 Å². The summed E-state index contributed by atoms with van der Waals surface area (Å²) in [6.07, 6.45) is 1.86. The second kappa shape index (κ2) is 5.52. The minimum atomic E-state index is -0.809. The first kappa shape index (κ1) is 13.6. The maximum Gasteiger partial charge on any atom is 0.181 e. The Morgan fingerprint density at radius 2 is 1.75 bits per heavy atom. The SMILES string of the molecule is Fc1cccc(NC2CC(c3ccccc3Br)C2)c1F. The van der Waals surface area contributed by atoms with Crippen molar-refractivity contribution in [3.8, 4) is 0 Å². The molecule has 0 radical (unpaired) electrons. The normalized spacial score (nSPS) is 21.4. The van der Waals surface area contributed by atoms with Crippen molar-refractivity contribution >= 4 is 21.6 Å². The molecule has 0 aliphatic heterocycles. The minimum absolute atomic E-state index is 0.198. The van der Waals surface area contributed by atoms with Gasteiger partial charge in [-0.3, -0.25) is 0 Å². The van der Waals surface area contributed by atoms with Crippen molar-refractivity contribution in [1.82, 2.24) is 0 Å². The number of rotatable bonds is 3. The molecule has 1 N–H and O–H groups in total. The summed E-state index contributed by atoms with van der Waals surface area (Å²) in [5, 5.41) is 3.08. The predicted molar refractivity (Wildman–Crippen MR) is 79.9 cm³/mol. The summed E-state index contributed by atoms with van der Waals surface area (Å²) in [6.45, 7) is 0. The molecular formula is C16H14BrF2N. The smallest absolute Gasteiger partial charge is 0.181 e. The maximum atomic E-state index is 13.6. The molecule has 20 heavy (non-hydrogen) atoms. The molecule has 104 valence electrons. The summed E-state index contributed by atoms with van der Waals surface area (Å²) >= 11 is 3.55. The van der Waals surface area contributed by atoms with Crippen LogP contribution in [0.4, 0.5) is 14.5 Å². The molecule has 2 aromatic rings. The van der Waals surface area contributed by atoms with E-state index in [9.17, 15) is 8.78 Å². The number of hydrogen-bond acceptors (Lipinski definition) is 1. The third-order valence-corrected chi connectivity index (χ3v) is 4.52. The zero-order valence-corrected chi connectivity index (χ0v) is 12.3. The molecule has 0 saturated heterocycles. The van der Waals surface area contributed by atoms with Gasteiger partial charge in [-0.25, -0.2) is 8.78 Å². The second-order valence-corrected chi connectivity index (χ2v) is 5.99. The van der Waals surface area contributed by atoms with Crippen LogP contribution in [0, 0.1) is 11.6 Å². The van der Waals surface area contributed by atoms with E-state index in [1.54, 1.807) is 6.07 Å². The number of anilines is 1. The zero-order chi connectivity index (χ0) is 14.1. The lowest BCUT2D eigenvalue weighted by atomic mass is 9.76. The van der Waals surface area contributed by atoms with Crippen molar-refractivity contribution in [2.24, 2.45) is 0 Å². The third kappa shape index (κ3) is 2.57. The van der Waals surface area contributed by atoms with Gasteiger partial charge in [-0.1, -0.05) is 40.2 Å². The molecular weight excluding hydrogens is 324 g/mol. The molecule has 0 aromatic heterocycles. The molecule has 1 nitrogen and oxygen atoms in total. The third-order valence-electron chi connectivity index (χ3n) is 3.79. The fourth-order valence-electron chi connectivity index (χ4n) is 2.63. The Morgan fingerprint density at radius 1 is 1.00 bits per heavy atom. The van der Waals surface area contributed by atoms with Crippen LogP contribution in [0.2, 0.25) is 0 Å². The van der Waals surface area contributed by atoms with Gasteiger partial charge in [0.1, 0.15) is 0 Å². The zero-order valence-electron chi connectivity index (χ0n) is 10.7. The number of nitrogens with one attached hydrogen (secondary N) is 1. The summed E-state index contributed by atoms with van der Waals surface area (Å²) in [5.74, 6) is -1.13. The first-order valence-electron chi connectivity index (χ1n) is 6.60. The average molecular weight is 338 g/mol. The Labute approximate surface area is 125 Å². The largest absolute Gasteiger partial charge is 0.380 e. The molecule has 0 heterocycles. The molecule has 1 fully saturated rings. The first-order valence-corrected chi connectivity index (χ1v) is 7.39. The highest BCUT2D eigenvalue weighted by Gasteiger charge is 2.31. The summed E-state index contributed by atoms with van der Waals surface area (Å²) in [7, 11) is 0. The summed E-state index contributed by atoms with van der Waals surface area (Å²) in [5.41, 5.74) is 1.53. The molecule has 0 atom stereocenters. The van der Waals surface area contributed by atoms with Gasteiger partial charge in [-0.15, -0.1) is 0 Å². The fraction of sp³-hybridized carbons (Fsp3) is 0.250. The van der Waals surface area contributed by atoms with E-state index in [4.69, 9.17) is 0 Å². The van der Waals surface area contributed by atoms with Crippen LogP contribution in [0.3, 0.4) is 0 Å². The van der Waals surface area contributed by atoms with Crippen molar-refractivity contribution in [3.63, 3.8) is 0 Å². The standard InChI is InChI=1S/C16H14BrF2N/c17-13-5-2-1-4-12(13)10-8-11(9-10)20-15-7-3-6-14(18)16(15)19/h1-7,10-11,20H,8-9H2. The summed E-state index contributed by atoms with van der Waals surface area (Å²) in [6, 6.07) is 12.6. The molecule has 4 heteroatoms. The van der Waals surface area contributed by atoms with Gasteiger partial charge in [-0.2, -0.15) is 0 Å². The van der Waals surface area contributed by atoms with Crippen LogP contribution in [0.5, 0.6) is 0 Å². The maximum absolute atomic E-state index is 13.6. The van der Waals surface area contributed by atoms with Gasteiger partial charge >= 0.3 is 0 Å². The van der Waals surface area contributed by atoms with E-state index in [2.05, 4.69) is 27.3 Å².